The van der Waals surface area contributed by atoms with Crippen molar-refractivity contribution in [3.63, 3.8) is 0 Å². The minimum atomic E-state index is -0.769. The summed E-state index contributed by atoms with van der Waals surface area (Å²) in [6, 6.07) is 0. The third-order valence-electron chi connectivity index (χ3n) is 4.61. The number of hydrogen-bond acceptors (Lipinski definition) is 2. The van der Waals surface area contributed by atoms with Crippen molar-refractivity contribution in [2.75, 3.05) is 6.54 Å². The predicted octanol–water partition coefficient (Wildman–Crippen LogP) is 1.94. The first kappa shape index (κ1) is 12.4. The number of nitrogens with one attached hydrogen (secondary N) is 1. The molecule has 0 aromatic heterocycles. The van der Waals surface area contributed by atoms with Crippen LogP contribution in [0.5, 0.6) is 0 Å². The second kappa shape index (κ2) is 4.31. The van der Waals surface area contributed by atoms with Crippen LogP contribution < -0.4 is 5.32 Å². The molecule has 17 heavy (non-hydrogen) atoms. The summed E-state index contributed by atoms with van der Waals surface area (Å²) in [5.41, 5.74) is -0.863. The van der Waals surface area contributed by atoms with Crippen LogP contribution in [0.15, 0.2) is 0 Å². The summed E-state index contributed by atoms with van der Waals surface area (Å²) in [7, 11) is 0. The quantitative estimate of drug-likeness (QED) is 0.770. The first-order valence-electron chi connectivity index (χ1n) is 6.56. The van der Waals surface area contributed by atoms with Gasteiger partial charge in [-0.3, -0.25) is 9.59 Å². The summed E-state index contributed by atoms with van der Waals surface area (Å²) in [4.78, 5) is 23.2. The van der Waals surface area contributed by atoms with Crippen LogP contribution in [0, 0.1) is 10.8 Å². The van der Waals surface area contributed by atoms with E-state index in [2.05, 4.69) is 12.2 Å². The highest BCUT2D eigenvalue weighted by Crippen LogP contribution is 2.46. The first-order chi connectivity index (χ1) is 8.05. The summed E-state index contributed by atoms with van der Waals surface area (Å²) in [5.74, 6) is -0.695. The molecule has 0 radical (unpaired) electrons. The lowest BCUT2D eigenvalue weighted by Gasteiger charge is -2.26. The Labute approximate surface area is 102 Å². The number of carboxylic acids is 1. The van der Waals surface area contributed by atoms with Crippen LogP contribution in [0.3, 0.4) is 0 Å². The molecule has 4 nitrogen and oxygen atoms in total. The van der Waals surface area contributed by atoms with E-state index in [9.17, 15) is 9.59 Å². The van der Waals surface area contributed by atoms with Gasteiger partial charge in [-0.25, -0.2) is 0 Å². The highest BCUT2D eigenvalue weighted by atomic mass is 16.4. The molecule has 4 heteroatoms. The molecule has 0 aliphatic heterocycles. The van der Waals surface area contributed by atoms with Gasteiger partial charge in [-0.1, -0.05) is 19.8 Å². The Morgan fingerprint density at radius 1 is 1.12 bits per heavy atom. The van der Waals surface area contributed by atoms with Gasteiger partial charge in [0.15, 0.2) is 0 Å². The number of carbonyl (C=O) groups excluding carboxylic acids is 1. The molecule has 2 aliphatic rings. The molecule has 96 valence electrons. The van der Waals surface area contributed by atoms with Crippen LogP contribution in [-0.2, 0) is 9.59 Å². The van der Waals surface area contributed by atoms with Crippen molar-refractivity contribution >= 4 is 11.9 Å². The van der Waals surface area contributed by atoms with E-state index in [0.29, 0.717) is 19.4 Å². The lowest BCUT2D eigenvalue weighted by Crippen LogP contribution is -2.42. The molecular formula is C13H21NO3. The fourth-order valence-corrected chi connectivity index (χ4v) is 2.85. The molecule has 2 rings (SSSR count). The van der Waals surface area contributed by atoms with Crippen LogP contribution in [0.1, 0.15) is 51.9 Å². The molecule has 0 saturated heterocycles. The summed E-state index contributed by atoms with van der Waals surface area (Å²) in [6.45, 7) is 2.36. The number of rotatable bonds is 5. The molecule has 2 aliphatic carbocycles. The standard InChI is InChI=1S/C13H21NO3/c1-2-12(5-3-4-6-12)10(15)14-9-13(7-8-13)11(16)17/h2-9H2,1H3,(H,14,15)(H,16,17). The average molecular weight is 239 g/mol. The molecular weight excluding hydrogens is 218 g/mol. The van der Waals surface area contributed by atoms with Crippen molar-refractivity contribution in [3.05, 3.63) is 0 Å². The van der Waals surface area contributed by atoms with Gasteiger partial charge in [0.1, 0.15) is 0 Å². The smallest absolute Gasteiger partial charge is 0.311 e. The molecule has 0 heterocycles. The SMILES string of the molecule is CCC1(C(=O)NCC2(C(=O)O)CC2)CCCC1. The van der Waals surface area contributed by atoms with Crippen molar-refractivity contribution < 1.29 is 14.7 Å². The van der Waals surface area contributed by atoms with Crippen molar-refractivity contribution in [1.29, 1.82) is 0 Å². The van der Waals surface area contributed by atoms with Gasteiger partial charge in [0, 0.05) is 12.0 Å². The first-order valence-corrected chi connectivity index (χ1v) is 6.56. The van der Waals surface area contributed by atoms with Crippen molar-refractivity contribution in [2.24, 2.45) is 10.8 Å². The summed E-state index contributed by atoms with van der Waals surface area (Å²) in [5, 5.41) is 11.9. The van der Waals surface area contributed by atoms with Crippen molar-refractivity contribution in [3.8, 4) is 0 Å². The third-order valence-corrected chi connectivity index (χ3v) is 4.61. The Hall–Kier alpha value is -1.06. The predicted molar refractivity (Wildman–Crippen MR) is 63.5 cm³/mol. The second-order valence-corrected chi connectivity index (χ2v) is 5.61. The number of carbonyl (C=O) groups is 2. The molecule has 0 bridgehead atoms. The van der Waals surface area contributed by atoms with Crippen LogP contribution in [-0.4, -0.2) is 23.5 Å². The number of carboxylic acid groups (broad SMARTS) is 1. The number of amides is 1. The molecule has 0 aromatic carbocycles. The number of hydrogen-bond donors (Lipinski definition) is 2. The summed E-state index contributed by atoms with van der Waals surface area (Å²) in [6.07, 6.45) is 6.39. The lowest BCUT2D eigenvalue weighted by molar-refractivity contribution is -0.143. The van der Waals surface area contributed by atoms with Crippen molar-refractivity contribution in [2.45, 2.75) is 51.9 Å². The van der Waals surface area contributed by atoms with E-state index in [4.69, 9.17) is 5.11 Å². The van der Waals surface area contributed by atoms with Gasteiger partial charge in [0.2, 0.25) is 5.91 Å². The molecule has 2 fully saturated rings. The highest BCUT2D eigenvalue weighted by molar-refractivity contribution is 5.84. The fraction of sp³-hybridized carbons (Fsp3) is 0.846. The molecule has 0 unspecified atom stereocenters. The Morgan fingerprint density at radius 2 is 1.71 bits per heavy atom. The van der Waals surface area contributed by atoms with Crippen LogP contribution in [0.4, 0.5) is 0 Å². The number of aliphatic carboxylic acids is 1. The van der Waals surface area contributed by atoms with Gasteiger partial charge in [-0.2, -0.15) is 0 Å². The topological polar surface area (TPSA) is 66.4 Å². The van der Waals surface area contributed by atoms with Gasteiger partial charge in [0.25, 0.3) is 0 Å². The monoisotopic (exact) mass is 239 g/mol. The van der Waals surface area contributed by atoms with Crippen LogP contribution >= 0.6 is 0 Å². The molecule has 1 amide bonds. The zero-order chi connectivity index (χ0) is 12.5. The van der Waals surface area contributed by atoms with Gasteiger partial charge in [-0.15, -0.1) is 0 Å². The minimum absolute atomic E-state index is 0.0741. The lowest BCUT2D eigenvalue weighted by atomic mass is 9.82. The molecule has 2 N–H and O–H groups in total. The van der Waals surface area contributed by atoms with E-state index >= 15 is 0 Å². The second-order valence-electron chi connectivity index (χ2n) is 5.61. The molecule has 0 spiro atoms. The van der Waals surface area contributed by atoms with Gasteiger partial charge in [0.05, 0.1) is 5.41 Å². The van der Waals surface area contributed by atoms with Gasteiger partial charge in [-0.05, 0) is 32.1 Å². The molecule has 0 aromatic rings. The van der Waals surface area contributed by atoms with E-state index in [1.165, 1.54) is 0 Å². The normalized spacial score (nSPS) is 24.3. The summed E-state index contributed by atoms with van der Waals surface area (Å²) >= 11 is 0. The Bertz CT molecular complexity index is 328. The summed E-state index contributed by atoms with van der Waals surface area (Å²) < 4.78 is 0. The molecule has 0 atom stereocenters. The van der Waals surface area contributed by atoms with E-state index in [0.717, 1.165) is 32.1 Å². The maximum Gasteiger partial charge on any atom is 0.311 e. The Balaban J connectivity index is 1.91. The highest BCUT2D eigenvalue weighted by Gasteiger charge is 2.51. The largest absolute Gasteiger partial charge is 0.481 e. The Kier molecular flexibility index (Phi) is 3.15. The van der Waals surface area contributed by atoms with Gasteiger partial charge < -0.3 is 10.4 Å². The van der Waals surface area contributed by atoms with E-state index in [1.54, 1.807) is 0 Å². The maximum atomic E-state index is 12.2. The Morgan fingerprint density at radius 3 is 2.12 bits per heavy atom. The minimum Gasteiger partial charge on any atom is -0.481 e. The van der Waals surface area contributed by atoms with Crippen LogP contribution in [0.2, 0.25) is 0 Å². The fourth-order valence-electron chi connectivity index (χ4n) is 2.85. The van der Waals surface area contributed by atoms with E-state index in [-0.39, 0.29) is 11.3 Å². The van der Waals surface area contributed by atoms with Gasteiger partial charge >= 0.3 is 5.97 Å². The molecule has 2 saturated carbocycles. The maximum absolute atomic E-state index is 12.2. The zero-order valence-corrected chi connectivity index (χ0v) is 10.4. The van der Waals surface area contributed by atoms with E-state index < -0.39 is 11.4 Å². The average Bonchev–Trinajstić information content (AvgIpc) is 2.96. The third kappa shape index (κ3) is 2.17. The van der Waals surface area contributed by atoms with Crippen LogP contribution in [0.25, 0.3) is 0 Å². The van der Waals surface area contributed by atoms with Crippen molar-refractivity contribution in [1.82, 2.24) is 5.32 Å². The zero-order valence-electron chi connectivity index (χ0n) is 10.4. The van der Waals surface area contributed by atoms with E-state index in [1.807, 2.05) is 0 Å².